The lowest BCUT2D eigenvalue weighted by Crippen LogP contribution is -2.41. The van der Waals surface area contributed by atoms with Crippen LogP contribution in [0.4, 0.5) is 0 Å². The van der Waals surface area contributed by atoms with Crippen LogP contribution in [0.3, 0.4) is 0 Å². The Balaban J connectivity index is 2.75. The molecule has 1 saturated heterocycles. The molecule has 0 aliphatic carbocycles. The summed E-state index contributed by atoms with van der Waals surface area (Å²) in [4.78, 5) is 23.8. The summed E-state index contributed by atoms with van der Waals surface area (Å²) in [5.74, 6) is -1.93. The van der Waals surface area contributed by atoms with Crippen LogP contribution in [0.5, 0.6) is 0 Å². The summed E-state index contributed by atoms with van der Waals surface area (Å²) < 4.78 is 34.3. The standard InChI is InChI=1S/C13H22O6S/c1-4-19-12(15)13(2,3)11(14)9-20(16,17)10-5-7-18-8-6-10/h10H,4-9H2,1-3H3. The van der Waals surface area contributed by atoms with E-state index >= 15 is 0 Å². The highest BCUT2D eigenvalue weighted by atomic mass is 32.2. The van der Waals surface area contributed by atoms with E-state index in [9.17, 15) is 18.0 Å². The van der Waals surface area contributed by atoms with Gasteiger partial charge >= 0.3 is 5.97 Å². The van der Waals surface area contributed by atoms with Gasteiger partial charge in [0.1, 0.15) is 11.2 Å². The predicted octanol–water partition coefficient (Wildman–Crippen LogP) is 0.739. The van der Waals surface area contributed by atoms with Gasteiger partial charge in [-0.3, -0.25) is 9.59 Å². The molecule has 20 heavy (non-hydrogen) atoms. The molecule has 1 aliphatic rings. The van der Waals surface area contributed by atoms with Gasteiger partial charge in [0.15, 0.2) is 15.6 Å². The maximum Gasteiger partial charge on any atom is 0.319 e. The monoisotopic (exact) mass is 306 g/mol. The normalized spacial score (nSPS) is 17.8. The third-order valence-corrected chi connectivity index (χ3v) is 5.64. The molecule has 0 N–H and O–H groups in total. The number of carbonyl (C=O) groups is 2. The second-order valence-electron chi connectivity index (χ2n) is 5.39. The molecule has 0 aromatic carbocycles. The summed E-state index contributed by atoms with van der Waals surface area (Å²) >= 11 is 0. The van der Waals surface area contributed by atoms with Gasteiger partial charge in [-0.25, -0.2) is 8.42 Å². The van der Waals surface area contributed by atoms with E-state index in [2.05, 4.69) is 0 Å². The van der Waals surface area contributed by atoms with Gasteiger partial charge in [0.25, 0.3) is 0 Å². The first-order chi connectivity index (χ1) is 9.21. The molecule has 0 saturated carbocycles. The zero-order valence-electron chi connectivity index (χ0n) is 12.2. The maximum absolute atomic E-state index is 12.2. The van der Waals surface area contributed by atoms with Crippen molar-refractivity contribution < 1.29 is 27.5 Å². The first-order valence-corrected chi connectivity index (χ1v) is 8.43. The molecule has 1 heterocycles. The molecule has 7 heteroatoms. The molecule has 0 aromatic heterocycles. The molecule has 0 atom stereocenters. The van der Waals surface area contributed by atoms with E-state index in [1.807, 2.05) is 0 Å². The Labute approximate surface area is 119 Å². The Bertz CT molecular complexity index is 459. The van der Waals surface area contributed by atoms with Crippen molar-refractivity contribution in [3.63, 3.8) is 0 Å². The number of hydrogen-bond donors (Lipinski definition) is 0. The minimum atomic E-state index is -3.55. The second-order valence-corrected chi connectivity index (χ2v) is 7.67. The fraction of sp³-hybridized carbons (Fsp3) is 0.846. The highest BCUT2D eigenvalue weighted by molar-refractivity contribution is 7.92. The van der Waals surface area contributed by atoms with Crippen LogP contribution in [-0.2, 0) is 28.9 Å². The van der Waals surface area contributed by atoms with Crippen LogP contribution < -0.4 is 0 Å². The minimum Gasteiger partial charge on any atom is -0.465 e. The Hall–Kier alpha value is -0.950. The van der Waals surface area contributed by atoms with Crippen molar-refractivity contribution in [1.29, 1.82) is 0 Å². The zero-order valence-corrected chi connectivity index (χ0v) is 13.0. The summed E-state index contributed by atoms with van der Waals surface area (Å²) in [6, 6.07) is 0. The Morgan fingerprint density at radius 1 is 1.25 bits per heavy atom. The summed E-state index contributed by atoms with van der Waals surface area (Å²) in [6.07, 6.45) is 0.797. The average Bonchev–Trinajstić information content (AvgIpc) is 2.39. The summed E-state index contributed by atoms with van der Waals surface area (Å²) in [7, 11) is -3.55. The van der Waals surface area contributed by atoms with Crippen molar-refractivity contribution in [2.75, 3.05) is 25.6 Å². The molecule has 0 unspecified atom stereocenters. The molecular weight excluding hydrogens is 284 g/mol. The van der Waals surface area contributed by atoms with Crippen molar-refractivity contribution in [1.82, 2.24) is 0 Å². The zero-order chi connectivity index (χ0) is 15.4. The van der Waals surface area contributed by atoms with Crippen LogP contribution in [-0.4, -0.2) is 51.0 Å². The van der Waals surface area contributed by atoms with Gasteiger partial charge in [0, 0.05) is 13.2 Å². The molecule has 1 aliphatic heterocycles. The number of ether oxygens (including phenoxy) is 2. The van der Waals surface area contributed by atoms with Crippen LogP contribution in [0.15, 0.2) is 0 Å². The number of carbonyl (C=O) groups excluding carboxylic acids is 2. The molecular formula is C13H22O6S. The van der Waals surface area contributed by atoms with Gasteiger partial charge in [0.05, 0.1) is 11.9 Å². The highest BCUT2D eigenvalue weighted by Crippen LogP contribution is 2.23. The van der Waals surface area contributed by atoms with Crippen LogP contribution in [0.1, 0.15) is 33.6 Å². The van der Waals surface area contributed by atoms with E-state index in [4.69, 9.17) is 9.47 Å². The SMILES string of the molecule is CCOC(=O)C(C)(C)C(=O)CS(=O)(=O)C1CCOCC1. The first kappa shape index (κ1) is 17.1. The van der Waals surface area contributed by atoms with E-state index in [1.165, 1.54) is 13.8 Å². The van der Waals surface area contributed by atoms with Crippen LogP contribution in [0.2, 0.25) is 0 Å². The summed E-state index contributed by atoms with van der Waals surface area (Å²) in [5, 5.41) is -0.557. The average molecular weight is 306 g/mol. The number of rotatable bonds is 6. The van der Waals surface area contributed by atoms with E-state index in [0.29, 0.717) is 26.1 Å². The van der Waals surface area contributed by atoms with Crippen LogP contribution in [0.25, 0.3) is 0 Å². The number of hydrogen-bond acceptors (Lipinski definition) is 6. The quantitative estimate of drug-likeness (QED) is 0.531. The number of esters is 1. The molecule has 1 rings (SSSR count). The van der Waals surface area contributed by atoms with Crippen LogP contribution >= 0.6 is 0 Å². The Morgan fingerprint density at radius 2 is 1.80 bits per heavy atom. The van der Waals surface area contributed by atoms with Gasteiger partial charge < -0.3 is 9.47 Å². The van der Waals surface area contributed by atoms with Crippen molar-refractivity contribution in [3.8, 4) is 0 Å². The molecule has 116 valence electrons. The van der Waals surface area contributed by atoms with Crippen molar-refractivity contribution in [2.45, 2.75) is 38.9 Å². The van der Waals surface area contributed by atoms with Gasteiger partial charge in [0.2, 0.25) is 0 Å². The molecule has 6 nitrogen and oxygen atoms in total. The fourth-order valence-electron chi connectivity index (χ4n) is 1.94. The second kappa shape index (κ2) is 6.67. The van der Waals surface area contributed by atoms with Crippen molar-refractivity contribution in [3.05, 3.63) is 0 Å². The topological polar surface area (TPSA) is 86.7 Å². The summed E-state index contributed by atoms with van der Waals surface area (Å²) in [6.45, 7) is 5.36. The first-order valence-electron chi connectivity index (χ1n) is 6.71. The smallest absolute Gasteiger partial charge is 0.319 e. The number of sulfone groups is 1. The Morgan fingerprint density at radius 3 is 2.30 bits per heavy atom. The molecule has 0 amide bonds. The number of ketones is 1. The molecule has 0 radical (unpaired) electrons. The lowest BCUT2D eigenvalue weighted by atomic mass is 9.89. The predicted molar refractivity (Wildman–Crippen MR) is 73.0 cm³/mol. The summed E-state index contributed by atoms with van der Waals surface area (Å²) in [5.41, 5.74) is -1.44. The van der Waals surface area contributed by atoms with E-state index in [-0.39, 0.29) is 6.61 Å². The number of Topliss-reactive ketones (excluding diaryl/α,β-unsaturated/α-hetero) is 1. The maximum atomic E-state index is 12.2. The van der Waals surface area contributed by atoms with Gasteiger partial charge in [-0.05, 0) is 33.6 Å². The Kier molecular flexibility index (Phi) is 5.70. The van der Waals surface area contributed by atoms with E-state index < -0.39 is 38.0 Å². The molecule has 1 fully saturated rings. The van der Waals surface area contributed by atoms with Gasteiger partial charge in [-0.1, -0.05) is 0 Å². The highest BCUT2D eigenvalue weighted by Gasteiger charge is 2.41. The van der Waals surface area contributed by atoms with Gasteiger partial charge in [-0.2, -0.15) is 0 Å². The largest absolute Gasteiger partial charge is 0.465 e. The molecule has 0 aromatic rings. The van der Waals surface area contributed by atoms with Crippen LogP contribution in [0, 0.1) is 5.41 Å². The molecule has 0 spiro atoms. The van der Waals surface area contributed by atoms with Crippen molar-refractivity contribution >= 4 is 21.6 Å². The third kappa shape index (κ3) is 4.02. The van der Waals surface area contributed by atoms with Gasteiger partial charge in [-0.15, -0.1) is 0 Å². The van der Waals surface area contributed by atoms with E-state index in [1.54, 1.807) is 6.92 Å². The lowest BCUT2D eigenvalue weighted by Gasteiger charge is -2.25. The third-order valence-electron chi connectivity index (χ3n) is 3.49. The van der Waals surface area contributed by atoms with Crippen molar-refractivity contribution in [2.24, 2.45) is 5.41 Å². The molecule has 0 bridgehead atoms. The fourth-order valence-corrected chi connectivity index (χ4v) is 3.81. The van der Waals surface area contributed by atoms with E-state index in [0.717, 1.165) is 0 Å². The lowest BCUT2D eigenvalue weighted by molar-refractivity contribution is -0.157. The minimum absolute atomic E-state index is 0.155.